The zero-order chi connectivity index (χ0) is 40.4. The van der Waals surface area contributed by atoms with E-state index < -0.39 is 0 Å². The van der Waals surface area contributed by atoms with Gasteiger partial charge in [-0.15, -0.1) is 10.2 Å². The first-order valence-electron chi connectivity index (χ1n) is 21.0. The molecule has 2 heteroatoms. The average Bonchev–Trinajstić information content (AvgIpc) is 3.33. The van der Waals surface area contributed by atoms with Crippen LogP contribution in [0.4, 0.5) is 0 Å². The first kappa shape index (κ1) is 35.0. The number of aromatic nitrogens is 2. The largest absolute Gasteiger partial charge is 0.150 e. The van der Waals surface area contributed by atoms with Crippen LogP contribution < -0.4 is 0 Å². The second-order valence-electron chi connectivity index (χ2n) is 16.1. The molecule has 12 aromatic rings. The van der Waals surface area contributed by atoms with Crippen LogP contribution in [0.2, 0.25) is 0 Å². The monoisotopic (exact) mass is 774 g/mol. The van der Waals surface area contributed by atoms with E-state index in [0.29, 0.717) is 0 Å². The molecule has 61 heavy (non-hydrogen) atoms. The second-order valence-corrected chi connectivity index (χ2v) is 16.1. The minimum atomic E-state index is 0.855. The minimum Gasteiger partial charge on any atom is -0.150 e. The van der Waals surface area contributed by atoms with Crippen molar-refractivity contribution in [3.63, 3.8) is 0 Å². The van der Waals surface area contributed by atoms with E-state index in [1.54, 1.807) is 0 Å². The van der Waals surface area contributed by atoms with Crippen molar-refractivity contribution < 1.29 is 0 Å². The van der Waals surface area contributed by atoms with E-state index in [4.69, 9.17) is 0 Å². The van der Waals surface area contributed by atoms with Gasteiger partial charge in [-0.1, -0.05) is 194 Å². The molecule has 0 amide bonds. The lowest BCUT2D eigenvalue weighted by molar-refractivity contribution is 1.04. The third kappa shape index (κ3) is 5.72. The van der Waals surface area contributed by atoms with E-state index in [2.05, 4.69) is 205 Å². The second kappa shape index (κ2) is 14.1. The minimum absolute atomic E-state index is 0.855. The van der Waals surface area contributed by atoms with Crippen LogP contribution in [0.5, 0.6) is 0 Å². The van der Waals surface area contributed by atoms with Crippen LogP contribution in [-0.2, 0) is 0 Å². The summed E-state index contributed by atoms with van der Waals surface area (Å²) in [5.41, 5.74) is 12.5. The Morgan fingerprint density at radius 3 is 1.34 bits per heavy atom. The molecule has 0 aliphatic rings. The molecule has 2 nitrogen and oxygen atoms in total. The maximum Gasteiger partial charge on any atom is 0.0930 e. The van der Waals surface area contributed by atoms with E-state index in [-0.39, 0.29) is 0 Å². The van der Waals surface area contributed by atoms with Gasteiger partial charge in [-0.05, 0) is 129 Å². The summed E-state index contributed by atoms with van der Waals surface area (Å²) in [5.74, 6) is 0. The third-order valence-corrected chi connectivity index (χ3v) is 12.7. The third-order valence-electron chi connectivity index (χ3n) is 12.7. The number of hydrogen-bond donors (Lipinski definition) is 0. The Kier molecular flexibility index (Phi) is 8.11. The van der Waals surface area contributed by atoms with Crippen LogP contribution in [0.1, 0.15) is 5.56 Å². The first-order valence-corrected chi connectivity index (χ1v) is 21.0. The summed E-state index contributed by atoms with van der Waals surface area (Å²) in [6, 6.07) is 77.3. The number of aryl methyl sites for hydroxylation is 1. The van der Waals surface area contributed by atoms with Crippen LogP contribution in [0.25, 0.3) is 121 Å². The molecule has 0 N–H and O–H groups in total. The van der Waals surface area contributed by atoms with Crippen LogP contribution in [0.15, 0.2) is 212 Å². The van der Waals surface area contributed by atoms with E-state index in [1.165, 1.54) is 104 Å². The molecule has 11 aromatic carbocycles. The summed E-state index contributed by atoms with van der Waals surface area (Å²) in [4.78, 5) is 0. The van der Waals surface area contributed by atoms with Crippen molar-refractivity contribution in [3.8, 4) is 55.9 Å². The molecular formula is C59H38N2. The summed E-state index contributed by atoms with van der Waals surface area (Å²) >= 11 is 0. The fourth-order valence-corrected chi connectivity index (χ4v) is 9.87. The molecule has 0 fully saturated rings. The van der Waals surface area contributed by atoms with Gasteiger partial charge < -0.3 is 0 Å². The van der Waals surface area contributed by atoms with Gasteiger partial charge in [-0.3, -0.25) is 0 Å². The number of hydrogen-bond acceptors (Lipinski definition) is 2. The summed E-state index contributed by atoms with van der Waals surface area (Å²) in [6.45, 7) is 2.23. The first-order chi connectivity index (χ1) is 30.2. The maximum absolute atomic E-state index is 4.61. The highest BCUT2D eigenvalue weighted by Crippen LogP contribution is 2.46. The molecule has 0 bridgehead atoms. The highest BCUT2D eigenvalue weighted by Gasteiger charge is 2.19. The van der Waals surface area contributed by atoms with E-state index >= 15 is 0 Å². The average molecular weight is 775 g/mol. The molecule has 284 valence electrons. The number of benzene rings is 11. The molecule has 0 radical (unpaired) electrons. The van der Waals surface area contributed by atoms with Crippen molar-refractivity contribution in [1.82, 2.24) is 10.2 Å². The Balaban J connectivity index is 1.00. The number of fused-ring (bicyclic) bond motifs is 8. The molecule has 0 saturated carbocycles. The van der Waals surface area contributed by atoms with Crippen LogP contribution in [-0.4, -0.2) is 10.2 Å². The Bertz CT molecular complexity index is 3620. The lowest BCUT2D eigenvalue weighted by atomic mass is 9.84. The van der Waals surface area contributed by atoms with Crippen LogP contribution in [0.3, 0.4) is 0 Å². The molecule has 1 heterocycles. The van der Waals surface area contributed by atoms with E-state index in [0.717, 1.165) is 22.5 Å². The smallest absolute Gasteiger partial charge is 0.0930 e. The van der Waals surface area contributed by atoms with Gasteiger partial charge in [0.25, 0.3) is 0 Å². The molecule has 0 aliphatic carbocycles. The molecule has 0 unspecified atom stereocenters. The topological polar surface area (TPSA) is 25.8 Å². The van der Waals surface area contributed by atoms with Gasteiger partial charge >= 0.3 is 0 Å². The van der Waals surface area contributed by atoms with Gasteiger partial charge in [0.1, 0.15) is 0 Å². The Hall–Kier alpha value is -7.94. The Morgan fingerprint density at radius 2 is 0.738 bits per heavy atom. The van der Waals surface area contributed by atoms with Crippen molar-refractivity contribution in [2.24, 2.45) is 0 Å². The van der Waals surface area contributed by atoms with Gasteiger partial charge in [0.2, 0.25) is 0 Å². The summed E-state index contributed by atoms with van der Waals surface area (Å²) < 4.78 is 0. The summed E-state index contributed by atoms with van der Waals surface area (Å²) in [5, 5.41) is 24.3. The number of rotatable bonds is 5. The van der Waals surface area contributed by atoms with E-state index in [9.17, 15) is 0 Å². The lowest BCUT2D eigenvalue weighted by Gasteiger charge is -2.19. The highest BCUT2D eigenvalue weighted by molar-refractivity contribution is 6.24. The van der Waals surface area contributed by atoms with Crippen molar-refractivity contribution in [3.05, 3.63) is 218 Å². The highest BCUT2D eigenvalue weighted by atomic mass is 15.1. The predicted octanol–water partition coefficient (Wildman–Crippen LogP) is 16.0. The fourth-order valence-electron chi connectivity index (χ4n) is 9.87. The maximum atomic E-state index is 4.61. The number of nitrogens with zero attached hydrogens (tertiary/aromatic N) is 2. The molecule has 0 spiro atoms. The van der Waals surface area contributed by atoms with Crippen molar-refractivity contribution in [2.75, 3.05) is 0 Å². The van der Waals surface area contributed by atoms with Gasteiger partial charge in [0.15, 0.2) is 0 Å². The standard InChI is InChI=1S/C59H38N2/c1-37-12-9-15-40-28-29-42-17-11-23-52(59(42)55(37)40)51-22-10-16-41-30-31-44-36-45(32-33-46(44)56(41)51)58-49-20-7-5-18-47(49)57(48-19-6-8-21-50(48)58)43-26-24-39(25-27-43)54-35-34-53(60-61-54)38-13-3-2-4-14-38/h2-36H,1H3. The van der Waals surface area contributed by atoms with Crippen LogP contribution in [0, 0.1) is 6.92 Å². The molecular weight excluding hydrogens is 737 g/mol. The van der Waals surface area contributed by atoms with Crippen molar-refractivity contribution in [1.29, 1.82) is 0 Å². The van der Waals surface area contributed by atoms with Gasteiger partial charge in [0.05, 0.1) is 11.4 Å². The van der Waals surface area contributed by atoms with Gasteiger partial charge in [-0.25, -0.2) is 0 Å². The Labute approximate surface area is 354 Å². The van der Waals surface area contributed by atoms with Gasteiger partial charge in [0, 0.05) is 11.1 Å². The molecule has 0 saturated heterocycles. The fraction of sp³-hybridized carbons (Fsp3) is 0.0169. The van der Waals surface area contributed by atoms with Crippen molar-refractivity contribution >= 4 is 64.6 Å². The van der Waals surface area contributed by atoms with Crippen molar-refractivity contribution in [2.45, 2.75) is 6.92 Å². The summed E-state index contributed by atoms with van der Waals surface area (Å²) in [6.07, 6.45) is 0. The molecule has 12 rings (SSSR count). The molecule has 1 aromatic heterocycles. The zero-order valence-corrected chi connectivity index (χ0v) is 33.6. The zero-order valence-electron chi connectivity index (χ0n) is 33.6. The Morgan fingerprint density at radius 1 is 0.279 bits per heavy atom. The summed E-state index contributed by atoms with van der Waals surface area (Å²) in [7, 11) is 0. The lowest BCUT2D eigenvalue weighted by Crippen LogP contribution is -1.92. The van der Waals surface area contributed by atoms with E-state index in [1.807, 2.05) is 24.3 Å². The molecule has 0 atom stereocenters. The quantitative estimate of drug-likeness (QED) is 0.129. The SMILES string of the molecule is Cc1cccc2ccc3cccc(-c4cccc5ccc6cc(-c7c8ccccc8c(-c8ccc(-c9ccc(-c%10ccccc%10)nn9)cc8)c8ccccc78)ccc6c45)c3c12. The van der Waals surface area contributed by atoms with Crippen LogP contribution >= 0.6 is 0 Å². The molecule has 0 aliphatic heterocycles. The normalized spacial score (nSPS) is 11.7. The van der Waals surface area contributed by atoms with Gasteiger partial charge in [-0.2, -0.15) is 0 Å². The predicted molar refractivity (Wildman–Crippen MR) is 259 cm³/mol.